The number of carboxylic acids is 1. The zero-order chi connectivity index (χ0) is 12.4. The lowest BCUT2D eigenvalue weighted by Gasteiger charge is -2.37. The van der Waals surface area contributed by atoms with E-state index in [9.17, 15) is 4.79 Å². The monoisotopic (exact) mass is 235 g/mol. The number of carbonyl (C=O) groups is 1. The van der Waals surface area contributed by atoms with Crippen LogP contribution in [-0.4, -0.2) is 33.9 Å². The molecule has 1 aliphatic rings. The summed E-state index contributed by atoms with van der Waals surface area (Å²) < 4.78 is 0. The predicted molar refractivity (Wildman–Crippen MR) is 64.2 cm³/mol. The van der Waals surface area contributed by atoms with Crippen molar-refractivity contribution in [1.82, 2.24) is 10.2 Å². The summed E-state index contributed by atoms with van der Waals surface area (Å²) in [6.45, 7) is 5.35. The molecule has 92 valence electrons. The molecule has 0 saturated carbocycles. The molecule has 0 aliphatic carbocycles. The van der Waals surface area contributed by atoms with Gasteiger partial charge in [0.05, 0.1) is 0 Å². The minimum absolute atomic E-state index is 0.00791. The van der Waals surface area contributed by atoms with Crippen LogP contribution in [0.25, 0.3) is 0 Å². The zero-order valence-corrected chi connectivity index (χ0v) is 10.1. The lowest BCUT2D eigenvalue weighted by Crippen LogP contribution is -2.41. The van der Waals surface area contributed by atoms with Crippen LogP contribution in [0.15, 0.2) is 12.1 Å². The van der Waals surface area contributed by atoms with Gasteiger partial charge in [0.25, 0.3) is 0 Å². The topological polar surface area (TPSA) is 66.3 Å². The average molecular weight is 235 g/mol. The molecule has 1 N–H and O–H groups in total. The van der Waals surface area contributed by atoms with E-state index in [4.69, 9.17) is 5.11 Å². The second-order valence-electron chi connectivity index (χ2n) is 4.77. The molecule has 2 rings (SSSR count). The summed E-state index contributed by atoms with van der Waals surface area (Å²) in [4.78, 5) is 12.9. The molecule has 0 spiro atoms. The molecular formula is C12H17N3O2. The summed E-state index contributed by atoms with van der Waals surface area (Å²) in [7, 11) is 0. The molecular weight excluding hydrogens is 218 g/mol. The van der Waals surface area contributed by atoms with E-state index in [0.29, 0.717) is 12.0 Å². The Kier molecular flexibility index (Phi) is 3.26. The molecule has 1 saturated heterocycles. The van der Waals surface area contributed by atoms with E-state index in [2.05, 4.69) is 28.9 Å². The number of anilines is 1. The maximum Gasteiger partial charge on any atom is 0.356 e. The van der Waals surface area contributed by atoms with Crippen molar-refractivity contribution < 1.29 is 9.90 Å². The second-order valence-corrected chi connectivity index (χ2v) is 4.77. The minimum atomic E-state index is -1.04. The van der Waals surface area contributed by atoms with Crippen molar-refractivity contribution in [2.24, 2.45) is 5.92 Å². The van der Waals surface area contributed by atoms with E-state index in [1.165, 1.54) is 12.5 Å². The fraction of sp³-hybridized carbons (Fsp3) is 0.583. The third-order valence-corrected chi connectivity index (χ3v) is 3.28. The van der Waals surface area contributed by atoms with E-state index in [0.717, 1.165) is 18.8 Å². The van der Waals surface area contributed by atoms with E-state index in [-0.39, 0.29) is 5.69 Å². The van der Waals surface area contributed by atoms with Gasteiger partial charge in [-0.2, -0.15) is 0 Å². The number of nitrogens with zero attached hydrogens (tertiary/aromatic N) is 3. The van der Waals surface area contributed by atoms with Crippen LogP contribution in [0.1, 0.15) is 37.2 Å². The molecule has 1 aromatic rings. The molecule has 5 heteroatoms. The van der Waals surface area contributed by atoms with Crippen molar-refractivity contribution >= 4 is 11.8 Å². The highest BCUT2D eigenvalue weighted by Gasteiger charge is 2.24. The van der Waals surface area contributed by atoms with Crippen LogP contribution in [0.2, 0.25) is 0 Å². The zero-order valence-electron chi connectivity index (χ0n) is 10.1. The molecule has 5 nitrogen and oxygen atoms in total. The summed E-state index contributed by atoms with van der Waals surface area (Å²) >= 11 is 0. The number of aromatic carboxylic acids is 1. The first-order valence-electron chi connectivity index (χ1n) is 5.91. The Hall–Kier alpha value is -1.65. The highest BCUT2D eigenvalue weighted by molar-refractivity contribution is 5.85. The quantitative estimate of drug-likeness (QED) is 0.846. The van der Waals surface area contributed by atoms with Gasteiger partial charge in [0.15, 0.2) is 11.5 Å². The molecule has 0 amide bonds. The first kappa shape index (κ1) is 11.8. The molecule has 2 unspecified atom stereocenters. The Morgan fingerprint density at radius 3 is 2.71 bits per heavy atom. The molecule has 1 fully saturated rings. The summed E-state index contributed by atoms with van der Waals surface area (Å²) in [6.07, 6.45) is 2.38. The minimum Gasteiger partial charge on any atom is -0.476 e. The first-order valence-corrected chi connectivity index (χ1v) is 5.91. The molecule has 0 aromatic carbocycles. The number of aromatic nitrogens is 2. The van der Waals surface area contributed by atoms with Crippen LogP contribution < -0.4 is 4.90 Å². The van der Waals surface area contributed by atoms with Gasteiger partial charge in [-0.05, 0) is 37.8 Å². The Bertz CT molecular complexity index is 405. The molecule has 0 radical (unpaired) electrons. The van der Waals surface area contributed by atoms with Gasteiger partial charge in [-0.15, -0.1) is 10.2 Å². The third-order valence-electron chi connectivity index (χ3n) is 3.28. The van der Waals surface area contributed by atoms with E-state index < -0.39 is 5.97 Å². The number of hydrogen-bond donors (Lipinski definition) is 1. The van der Waals surface area contributed by atoms with Crippen LogP contribution in [-0.2, 0) is 0 Å². The van der Waals surface area contributed by atoms with Crippen LogP contribution in [0.4, 0.5) is 5.82 Å². The van der Waals surface area contributed by atoms with Crippen LogP contribution in [0.3, 0.4) is 0 Å². The third kappa shape index (κ3) is 2.54. The van der Waals surface area contributed by atoms with Crippen molar-refractivity contribution in [3.63, 3.8) is 0 Å². The lowest BCUT2D eigenvalue weighted by atomic mass is 9.95. The van der Waals surface area contributed by atoms with E-state index in [1.807, 2.05) is 0 Å². The summed E-state index contributed by atoms with van der Waals surface area (Å²) in [5.74, 6) is 0.380. The summed E-state index contributed by atoms with van der Waals surface area (Å²) in [5, 5.41) is 16.5. The van der Waals surface area contributed by atoms with Crippen LogP contribution in [0, 0.1) is 5.92 Å². The summed E-state index contributed by atoms with van der Waals surface area (Å²) in [5.41, 5.74) is -0.00791. The molecule has 2 heterocycles. The second kappa shape index (κ2) is 4.69. The maximum absolute atomic E-state index is 10.7. The van der Waals surface area contributed by atoms with Gasteiger partial charge in [-0.25, -0.2) is 4.79 Å². The predicted octanol–water partition coefficient (Wildman–Crippen LogP) is 1.80. The van der Waals surface area contributed by atoms with Gasteiger partial charge in [0, 0.05) is 12.6 Å². The number of hydrogen-bond acceptors (Lipinski definition) is 4. The largest absolute Gasteiger partial charge is 0.476 e. The van der Waals surface area contributed by atoms with Gasteiger partial charge >= 0.3 is 5.97 Å². The maximum atomic E-state index is 10.7. The number of carboxylic acid groups (broad SMARTS) is 1. The standard InChI is InChI=1S/C12H17N3O2/c1-8-3-4-9(2)15(7-8)11-6-5-10(12(16)17)13-14-11/h5-6,8-9H,3-4,7H2,1-2H3,(H,16,17). The Balaban J connectivity index is 2.18. The van der Waals surface area contributed by atoms with Crippen molar-refractivity contribution in [2.75, 3.05) is 11.4 Å². The molecule has 2 atom stereocenters. The lowest BCUT2D eigenvalue weighted by molar-refractivity contribution is 0.0689. The fourth-order valence-corrected chi connectivity index (χ4v) is 2.20. The SMILES string of the molecule is CC1CCC(C)N(c2ccc(C(=O)O)nn2)C1. The van der Waals surface area contributed by atoms with Gasteiger partial charge < -0.3 is 10.0 Å². The Labute approximate surface area is 100 Å². The van der Waals surface area contributed by atoms with E-state index in [1.54, 1.807) is 6.07 Å². The highest BCUT2D eigenvalue weighted by atomic mass is 16.4. The van der Waals surface area contributed by atoms with Crippen molar-refractivity contribution in [3.05, 3.63) is 17.8 Å². The smallest absolute Gasteiger partial charge is 0.356 e. The molecule has 1 aromatic heterocycles. The highest BCUT2D eigenvalue weighted by Crippen LogP contribution is 2.25. The Morgan fingerprint density at radius 1 is 1.35 bits per heavy atom. The van der Waals surface area contributed by atoms with Crippen molar-refractivity contribution in [2.45, 2.75) is 32.7 Å². The van der Waals surface area contributed by atoms with Crippen LogP contribution in [0.5, 0.6) is 0 Å². The fourth-order valence-electron chi connectivity index (χ4n) is 2.20. The van der Waals surface area contributed by atoms with Crippen LogP contribution >= 0.6 is 0 Å². The summed E-state index contributed by atoms with van der Waals surface area (Å²) in [6, 6.07) is 3.69. The molecule has 1 aliphatic heterocycles. The molecule has 17 heavy (non-hydrogen) atoms. The number of rotatable bonds is 2. The molecule has 0 bridgehead atoms. The van der Waals surface area contributed by atoms with Gasteiger partial charge in [0.1, 0.15) is 0 Å². The van der Waals surface area contributed by atoms with Crippen molar-refractivity contribution in [1.29, 1.82) is 0 Å². The van der Waals surface area contributed by atoms with Crippen molar-refractivity contribution in [3.8, 4) is 0 Å². The van der Waals surface area contributed by atoms with E-state index >= 15 is 0 Å². The normalized spacial score (nSPS) is 24.7. The van der Waals surface area contributed by atoms with Gasteiger partial charge in [-0.3, -0.25) is 0 Å². The van der Waals surface area contributed by atoms with Gasteiger partial charge in [-0.1, -0.05) is 6.92 Å². The Morgan fingerprint density at radius 2 is 2.12 bits per heavy atom. The average Bonchev–Trinajstić information content (AvgIpc) is 2.32. The van der Waals surface area contributed by atoms with Gasteiger partial charge in [0.2, 0.25) is 0 Å². The number of piperidine rings is 1. The first-order chi connectivity index (χ1) is 8.08.